The second-order valence-electron chi connectivity index (χ2n) is 9.85. The van der Waals surface area contributed by atoms with Crippen molar-refractivity contribution < 1.29 is 14.7 Å². The number of benzene rings is 2. The van der Waals surface area contributed by atoms with E-state index >= 15 is 0 Å². The molecular weight excluding hydrogens is 442 g/mol. The first-order chi connectivity index (χ1) is 17.1. The van der Waals surface area contributed by atoms with Gasteiger partial charge in [0.2, 0.25) is 0 Å². The summed E-state index contributed by atoms with van der Waals surface area (Å²) in [5, 5.41) is 13.5. The lowest BCUT2D eigenvalue weighted by molar-refractivity contribution is 0.133. The fraction of sp³-hybridized carbons (Fsp3) is 0.519. The van der Waals surface area contributed by atoms with E-state index in [0.717, 1.165) is 99.2 Å². The highest BCUT2D eigenvalue weighted by atomic mass is 16.5. The van der Waals surface area contributed by atoms with Crippen LogP contribution in [0.5, 0.6) is 11.5 Å². The van der Waals surface area contributed by atoms with Gasteiger partial charge in [-0.3, -0.25) is 9.80 Å². The van der Waals surface area contributed by atoms with Gasteiger partial charge in [0.1, 0.15) is 30.4 Å². The van der Waals surface area contributed by atoms with Gasteiger partial charge in [0.25, 0.3) is 0 Å². The van der Waals surface area contributed by atoms with Crippen molar-refractivity contribution in [3.8, 4) is 22.6 Å². The number of rotatable bonds is 8. The molecular formula is C27H37N5O3. The minimum absolute atomic E-state index is 0.573. The standard InChI is InChI=1S/C27H37N5O3/c1-29-7-11-31(12-8-29)15-17-34-21-3-5-23-24-6-4-22(20-26(24)27(28-33)25(23)19-21)35-18-16-32-13-9-30(2)10-14-32/h3-6,19-20,33H,7-18H2,1-2H3. The first kappa shape index (κ1) is 24.1. The van der Waals surface area contributed by atoms with Crippen LogP contribution in [0.25, 0.3) is 11.1 Å². The summed E-state index contributed by atoms with van der Waals surface area (Å²) >= 11 is 0. The van der Waals surface area contributed by atoms with E-state index in [0.29, 0.717) is 18.9 Å². The molecule has 2 aromatic rings. The summed E-state index contributed by atoms with van der Waals surface area (Å²) in [6.45, 7) is 11.9. The Morgan fingerprint density at radius 2 is 1.09 bits per heavy atom. The summed E-state index contributed by atoms with van der Waals surface area (Å²) in [5.41, 5.74) is 4.49. The van der Waals surface area contributed by atoms with E-state index in [1.165, 1.54) is 0 Å². The van der Waals surface area contributed by atoms with Gasteiger partial charge >= 0.3 is 0 Å². The van der Waals surface area contributed by atoms with Crippen LogP contribution in [0.1, 0.15) is 11.1 Å². The third-order valence-corrected chi connectivity index (χ3v) is 7.43. The fourth-order valence-electron chi connectivity index (χ4n) is 5.07. The van der Waals surface area contributed by atoms with E-state index in [9.17, 15) is 5.21 Å². The van der Waals surface area contributed by atoms with Gasteiger partial charge < -0.3 is 24.5 Å². The summed E-state index contributed by atoms with van der Waals surface area (Å²) in [4.78, 5) is 9.59. The zero-order chi connectivity index (χ0) is 24.2. The van der Waals surface area contributed by atoms with E-state index in [4.69, 9.17) is 9.47 Å². The van der Waals surface area contributed by atoms with E-state index in [1.54, 1.807) is 0 Å². The molecule has 0 saturated carbocycles. The van der Waals surface area contributed by atoms with Crippen LogP contribution in [0.15, 0.2) is 41.6 Å². The highest BCUT2D eigenvalue weighted by Crippen LogP contribution is 2.40. The molecule has 5 rings (SSSR count). The van der Waals surface area contributed by atoms with Crippen LogP contribution in [-0.2, 0) is 0 Å². The number of piperazine rings is 2. The molecule has 1 N–H and O–H groups in total. The number of oxime groups is 1. The highest BCUT2D eigenvalue weighted by Gasteiger charge is 2.27. The Kier molecular flexibility index (Phi) is 7.53. The number of likely N-dealkylation sites (N-methyl/N-ethyl adjacent to an activating group) is 2. The predicted molar refractivity (Wildman–Crippen MR) is 138 cm³/mol. The molecule has 0 unspecified atom stereocenters. The molecule has 0 aromatic heterocycles. The van der Waals surface area contributed by atoms with Gasteiger partial charge in [0, 0.05) is 76.6 Å². The third-order valence-electron chi connectivity index (χ3n) is 7.43. The SMILES string of the molecule is CN1CCN(CCOc2ccc3c(c2)C(=NO)c2cc(OCCN4CCN(C)CC4)ccc2-3)CC1. The van der Waals surface area contributed by atoms with Crippen molar-refractivity contribution in [3.05, 3.63) is 47.5 Å². The van der Waals surface area contributed by atoms with Crippen molar-refractivity contribution >= 4 is 5.71 Å². The molecule has 2 fully saturated rings. The van der Waals surface area contributed by atoms with Crippen LogP contribution in [0, 0.1) is 0 Å². The summed E-state index contributed by atoms with van der Waals surface area (Å²) in [7, 11) is 4.33. The van der Waals surface area contributed by atoms with Crippen LogP contribution >= 0.6 is 0 Å². The van der Waals surface area contributed by atoms with Crippen molar-refractivity contribution in [1.82, 2.24) is 19.6 Å². The maximum Gasteiger partial charge on any atom is 0.120 e. The number of nitrogens with zero attached hydrogens (tertiary/aromatic N) is 5. The molecule has 8 nitrogen and oxygen atoms in total. The van der Waals surface area contributed by atoms with Crippen molar-refractivity contribution in [2.24, 2.45) is 5.16 Å². The van der Waals surface area contributed by atoms with E-state index in [1.807, 2.05) is 24.3 Å². The topological polar surface area (TPSA) is 64.0 Å². The lowest BCUT2D eigenvalue weighted by Crippen LogP contribution is -2.45. The predicted octanol–water partition coefficient (Wildman–Crippen LogP) is 2.15. The zero-order valence-corrected chi connectivity index (χ0v) is 20.9. The van der Waals surface area contributed by atoms with Gasteiger partial charge in [-0.05, 0) is 61.6 Å². The molecule has 2 heterocycles. The first-order valence-corrected chi connectivity index (χ1v) is 12.7. The quantitative estimate of drug-likeness (QED) is 0.392. The largest absolute Gasteiger partial charge is 0.492 e. The third kappa shape index (κ3) is 5.62. The molecule has 188 valence electrons. The van der Waals surface area contributed by atoms with Crippen molar-refractivity contribution in [2.75, 3.05) is 92.8 Å². The second kappa shape index (κ2) is 11.0. The second-order valence-corrected chi connectivity index (χ2v) is 9.85. The van der Waals surface area contributed by atoms with Gasteiger partial charge in [-0.1, -0.05) is 5.16 Å². The molecule has 0 atom stereocenters. The molecule has 1 aliphatic carbocycles. The number of hydrogen-bond donors (Lipinski definition) is 1. The molecule has 3 aliphatic rings. The summed E-state index contributed by atoms with van der Waals surface area (Å²) in [6.07, 6.45) is 0. The summed E-state index contributed by atoms with van der Waals surface area (Å²) in [5.74, 6) is 1.60. The monoisotopic (exact) mass is 479 g/mol. The van der Waals surface area contributed by atoms with Crippen LogP contribution < -0.4 is 9.47 Å². The molecule has 2 aliphatic heterocycles. The first-order valence-electron chi connectivity index (χ1n) is 12.7. The Hall–Kier alpha value is -2.65. The van der Waals surface area contributed by atoms with Crippen molar-refractivity contribution in [3.63, 3.8) is 0 Å². The zero-order valence-electron chi connectivity index (χ0n) is 20.9. The highest BCUT2D eigenvalue weighted by molar-refractivity contribution is 6.24. The maximum atomic E-state index is 9.86. The average Bonchev–Trinajstić information content (AvgIpc) is 3.18. The lowest BCUT2D eigenvalue weighted by atomic mass is 10.1. The van der Waals surface area contributed by atoms with Crippen LogP contribution in [-0.4, -0.2) is 123 Å². The fourth-order valence-corrected chi connectivity index (χ4v) is 5.07. The van der Waals surface area contributed by atoms with E-state index in [2.05, 4.69) is 51.0 Å². The molecule has 0 bridgehead atoms. The van der Waals surface area contributed by atoms with Crippen molar-refractivity contribution in [2.45, 2.75) is 0 Å². The van der Waals surface area contributed by atoms with Crippen LogP contribution in [0.3, 0.4) is 0 Å². The van der Waals surface area contributed by atoms with Gasteiger partial charge in [0.15, 0.2) is 0 Å². The molecule has 0 amide bonds. The molecule has 0 spiro atoms. The molecule has 8 heteroatoms. The Bertz CT molecular complexity index is 964. The number of ether oxygens (including phenoxy) is 2. The Balaban J connectivity index is 1.19. The maximum absolute atomic E-state index is 9.86. The lowest BCUT2D eigenvalue weighted by Gasteiger charge is -2.32. The Morgan fingerprint density at radius 3 is 1.49 bits per heavy atom. The Labute approximate surface area is 208 Å². The van der Waals surface area contributed by atoms with Gasteiger partial charge in [-0.15, -0.1) is 0 Å². The molecule has 0 radical (unpaired) electrons. The average molecular weight is 480 g/mol. The smallest absolute Gasteiger partial charge is 0.120 e. The van der Waals surface area contributed by atoms with Gasteiger partial charge in [-0.25, -0.2) is 0 Å². The van der Waals surface area contributed by atoms with Gasteiger partial charge in [0.05, 0.1) is 0 Å². The number of fused-ring (bicyclic) bond motifs is 3. The van der Waals surface area contributed by atoms with Crippen LogP contribution in [0.4, 0.5) is 0 Å². The van der Waals surface area contributed by atoms with E-state index < -0.39 is 0 Å². The minimum Gasteiger partial charge on any atom is -0.492 e. The molecule has 2 aromatic carbocycles. The van der Waals surface area contributed by atoms with E-state index in [-0.39, 0.29) is 0 Å². The van der Waals surface area contributed by atoms with Gasteiger partial charge in [-0.2, -0.15) is 0 Å². The minimum atomic E-state index is 0.573. The molecule has 35 heavy (non-hydrogen) atoms. The normalized spacial score (nSPS) is 19.4. The molecule has 2 saturated heterocycles. The van der Waals surface area contributed by atoms with Crippen LogP contribution in [0.2, 0.25) is 0 Å². The number of hydrogen-bond acceptors (Lipinski definition) is 8. The Morgan fingerprint density at radius 1 is 0.657 bits per heavy atom. The summed E-state index contributed by atoms with van der Waals surface area (Å²) in [6, 6.07) is 12.1. The summed E-state index contributed by atoms with van der Waals surface area (Å²) < 4.78 is 12.1. The van der Waals surface area contributed by atoms with Crippen molar-refractivity contribution in [1.29, 1.82) is 0 Å².